The summed E-state index contributed by atoms with van der Waals surface area (Å²) in [5.74, 6) is -0.506. The molecule has 0 aliphatic heterocycles. The summed E-state index contributed by atoms with van der Waals surface area (Å²) in [6.07, 6.45) is 6.87. The molecule has 0 spiro atoms. The average Bonchev–Trinajstić information content (AvgIpc) is 3.23. The fraction of sp³-hybridized carbons (Fsp3) is 0.300. The minimum atomic E-state index is -0.506. The van der Waals surface area contributed by atoms with E-state index in [9.17, 15) is 9.59 Å². The molecule has 0 aliphatic carbocycles. The lowest BCUT2D eigenvalue weighted by molar-refractivity contribution is -0.117. The molecular formula is C20H27N9O2S. The highest BCUT2D eigenvalue weighted by Crippen LogP contribution is 2.29. The molecule has 170 valence electrons. The fourth-order valence-corrected chi connectivity index (χ4v) is 4.13. The van der Waals surface area contributed by atoms with Gasteiger partial charge in [0.2, 0.25) is 5.91 Å². The molecular weight excluding hydrogens is 430 g/mol. The number of hydrogen-bond donors (Lipinski definition) is 4. The normalized spacial score (nSPS) is 13.2. The Hall–Kier alpha value is -3.80. The van der Waals surface area contributed by atoms with Crippen LogP contribution < -0.4 is 17.2 Å². The smallest absolute Gasteiger partial charge is 0.221 e. The van der Waals surface area contributed by atoms with Crippen molar-refractivity contribution in [2.24, 2.45) is 34.3 Å². The number of hydrazone groups is 1. The van der Waals surface area contributed by atoms with Crippen LogP contribution in [-0.2, 0) is 18.3 Å². The van der Waals surface area contributed by atoms with Crippen molar-refractivity contribution < 1.29 is 9.59 Å². The number of rotatable bonds is 11. The summed E-state index contributed by atoms with van der Waals surface area (Å²) < 4.78 is 2.51. The number of carbonyl (C=O) groups excluding carboxylic acids is 2. The zero-order chi connectivity index (χ0) is 23.8. The van der Waals surface area contributed by atoms with E-state index >= 15 is 0 Å². The molecule has 0 fully saturated rings. The number of allylic oxidation sites excluding steroid dienone is 2. The molecule has 2 heterocycles. The lowest BCUT2D eigenvalue weighted by Crippen LogP contribution is -2.23. The van der Waals surface area contributed by atoms with Crippen molar-refractivity contribution in [2.45, 2.75) is 12.8 Å². The van der Waals surface area contributed by atoms with Crippen LogP contribution in [0.4, 0.5) is 0 Å². The first-order chi connectivity index (χ1) is 15.2. The van der Waals surface area contributed by atoms with Gasteiger partial charge in [-0.05, 0) is 11.6 Å². The van der Waals surface area contributed by atoms with Crippen LogP contribution in [0.5, 0.6) is 0 Å². The van der Waals surface area contributed by atoms with Gasteiger partial charge in [-0.3, -0.25) is 19.6 Å². The highest BCUT2D eigenvalue weighted by molar-refractivity contribution is 7.19. The summed E-state index contributed by atoms with van der Waals surface area (Å²) in [4.78, 5) is 31.4. The lowest BCUT2D eigenvalue weighted by Gasteiger charge is -2.15. The van der Waals surface area contributed by atoms with E-state index in [0.29, 0.717) is 40.3 Å². The molecule has 2 aromatic rings. The number of carbonyl (C=O) groups is 2. The summed E-state index contributed by atoms with van der Waals surface area (Å²) in [5, 5.41) is 13.9. The van der Waals surface area contributed by atoms with Crippen LogP contribution in [0.3, 0.4) is 0 Å². The van der Waals surface area contributed by atoms with Crippen molar-refractivity contribution in [3.8, 4) is 0 Å². The number of thiazole rings is 1. The number of aliphatic imine (C=N–C) groups is 1. The van der Waals surface area contributed by atoms with Gasteiger partial charge in [0.15, 0.2) is 11.9 Å². The second-order valence-electron chi connectivity index (χ2n) is 6.96. The summed E-state index contributed by atoms with van der Waals surface area (Å²) in [5.41, 5.74) is 20.5. The summed E-state index contributed by atoms with van der Waals surface area (Å²) >= 11 is 1.41. The maximum atomic E-state index is 11.7. The Morgan fingerprint density at radius 3 is 2.66 bits per heavy atom. The highest BCUT2D eigenvalue weighted by atomic mass is 32.1. The summed E-state index contributed by atoms with van der Waals surface area (Å²) in [6.45, 7) is 0.233. The van der Waals surface area contributed by atoms with Gasteiger partial charge >= 0.3 is 0 Å². The predicted octanol–water partition coefficient (Wildman–Crippen LogP) is 0.536. The molecule has 0 saturated heterocycles. The Bertz CT molecular complexity index is 1140. The van der Waals surface area contributed by atoms with E-state index < -0.39 is 5.91 Å². The third kappa shape index (κ3) is 5.88. The molecule has 0 aromatic carbocycles. The molecule has 32 heavy (non-hydrogen) atoms. The number of aryl methyl sites for hydroxylation is 1. The van der Waals surface area contributed by atoms with Gasteiger partial charge in [-0.1, -0.05) is 0 Å². The number of hydrogen-bond acceptors (Lipinski definition) is 10. The predicted molar refractivity (Wildman–Crippen MR) is 128 cm³/mol. The number of fused-ring (bicyclic) bond motifs is 1. The van der Waals surface area contributed by atoms with Crippen LogP contribution in [0, 0.1) is 5.41 Å². The van der Waals surface area contributed by atoms with Crippen molar-refractivity contribution in [3.05, 3.63) is 39.3 Å². The van der Waals surface area contributed by atoms with Crippen LogP contribution in [0.15, 0.2) is 33.1 Å². The highest BCUT2D eigenvalue weighted by Gasteiger charge is 2.18. The maximum Gasteiger partial charge on any atom is 0.221 e. The van der Waals surface area contributed by atoms with E-state index in [0.717, 1.165) is 22.2 Å². The number of aldehydes is 1. The number of amides is 1. The number of nitrogens with one attached hydrogen (secondary N) is 1. The quantitative estimate of drug-likeness (QED) is 0.217. The molecule has 0 saturated carbocycles. The Balaban J connectivity index is 2.34. The first-order valence-corrected chi connectivity index (χ1v) is 10.3. The van der Waals surface area contributed by atoms with Crippen molar-refractivity contribution >= 4 is 52.5 Å². The number of aromatic nitrogens is 2. The minimum absolute atomic E-state index is 0.0193. The van der Waals surface area contributed by atoms with E-state index in [1.165, 1.54) is 23.6 Å². The third-order valence-corrected chi connectivity index (χ3v) is 5.54. The van der Waals surface area contributed by atoms with Gasteiger partial charge in [0.05, 0.1) is 29.6 Å². The molecule has 11 nitrogen and oxygen atoms in total. The molecule has 0 radical (unpaired) electrons. The van der Waals surface area contributed by atoms with Gasteiger partial charge in [-0.25, -0.2) is 4.98 Å². The molecule has 0 atom stereocenters. The van der Waals surface area contributed by atoms with Crippen molar-refractivity contribution in [1.82, 2.24) is 14.6 Å². The first-order valence-electron chi connectivity index (χ1n) is 9.53. The Kier molecular flexibility index (Phi) is 8.41. The minimum Gasteiger partial charge on any atom is -0.402 e. The van der Waals surface area contributed by atoms with Crippen molar-refractivity contribution in [3.63, 3.8) is 0 Å². The second kappa shape index (κ2) is 11.0. The summed E-state index contributed by atoms with van der Waals surface area (Å²) in [7, 11) is 5.06. The number of primary amides is 1. The van der Waals surface area contributed by atoms with Crippen molar-refractivity contribution in [1.29, 1.82) is 5.41 Å². The van der Waals surface area contributed by atoms with Crippen LogP contribution in [0.1, 0.15) is 27.5 Å². The fourth-order valence-electron chi connectivity index (χ4n) is 2.98. The zero-order valence-corrected chi connectivity index (χ0v) is 19.0. The average molecular weight is 458 g/mol. The summed E-state index contributed by atoms with van der Waals surface area (Å²) in [6, 6.07) is 0. The van der Waals surface area contributed by atoms with Gasteiger partial charge in [0, 0.05) is 57.0 Å². The molecule has 12 heteroatoms. The monoisotopic (exact) mass is 457 g/mol. The van der Waals surface area contributed by atoms with Crippen LogP contribution in [-0.4, -0.2) is 66.0 Å². The van der Waals surface area contributed by atoms with E-state index in [4.69, 9.17) is 22.6 Å². The molecule has 0 aliphatic rings. The molecule has 0 unspecified atom stereocenters. The van der Waals surface area contributed by atoms with Gasteiger partial charge in [0.1, 0.15) is 5.01 Å². The van der Waals surface area contributed by atoms with Crippen LogP contribution >= 0.6 is 11.3 Å². The molecule has 7 N–H and O–H groups in total. The van der Waals surface area contributed by atoms with E-state index in [1.54, 1.807) is 36.9 Å². The standard InChI is InChI=1S/C20H27N9O2S/c1-25-8-12(6-17(24)31)15(23)10-28(2)26-9-14-16(11-30)29(3)20-19(14)32-18(27-20)7-13(22)4-5-21/h4-5,8-9,11,21H,6-7,10,22-23H2,1-3H3,(H2,24,31)/b13-4?,15-12?,21-5?,25-8?,26-9-. The second-order valence-corrected chi connectivity index (χ2v) is 8.05. The van der Waals surface area contributed by atoms with Crippen LogP contribution in [0.2, 0.25) is 0 Å². The van der Waals surface area contributed by atoms with Gasteiger partial charge < -0.3 is 27.2 Å². The van der Waals surface area contributed by atoms with E-state index in [2.05, 4.69) is 15.1 Å². The maximum absolute atomic E-state index is 11.7. The zero-order valence-electron chi connectivity index (χ0n) is 18.2. The Labute approximate surface area is 189 Å². The third-order valence-electron chi connectivity index (χ3n) is 4.46. The van der Waals surface area contributed by atoms with Gasteiger partial charge in [0.25, 0.3) is 0 Å². The largest absolute Gasteiger partial charge is 0.402 e. The number of nitrogens with two attached hydrogens (primary N) is 3. The lowest BCUT2D eigenvalue weighted by atomic mass is 10.1. The molecule has 1 amide bonds. The molecule has 2 aromatic heterocycles. The Morgan fingerprint density at radius 2 is 2.06 bits per heavy atom. The SMILES string of the molecule is CN=CC(CC(N)=O)=C(N)CN(C)/N=C\c1c(C=O)n(C)c2nc(CC(N)=CC=N)sc12. The van der Waals surface area contributed by atoms with Gasteiger partial charge in [-0.15, -0.1) is 11.3 Å². The Morgan fingerprint density at radius 1 is 1.34 bits per heavy atom. The first kappa shape index (κ1) is 24.5. The molecule has 2 rings (SSSR count). The van der Waals surface area contributed by atoms with E-state index in [-0.39, 0.29) is 13.0 Å². The number of nitrogens with zero attached hydrogens (tertiary/aromatic N) is 5. The topological polar surface area (TPSA) is 182 Å². The van der Waals surface area contributed by atoms with Crippen molar-refractivity contribution in [2.75, 3.05) is 20.6 Å². The van der Waals surface area contributed by atoms with Gasteiger partial charge in [-0.2, -0.15) is 5.10 Å². The molecule has 0 bridgehead atoms. The number of likely N-dealkylation sites (N-methyl/N-ethyl adjacent to an activating group) is 1. The van der Waals surface area contributed by atoms with E-state index in [1.807, 2.05) is 0 Å². The van der Waals surface area contributed by atoms with Crippen LogP contribution in [0.25, 0.3) is 10.3 Å².